The first-order valence-corrected chi connectivity index (χ1v) is 6.16. The monoisotopic (exact) mass is 256 g/mol. The molecule has 19 heavy (non-hydrogen) atoms. The summed E-state index contributed by atoms with van der Waals surface area (Å²) < 4.78 is 5.80. The summed E-state index contributed by atoms with van der Waals surface area (Å²) in [5.41, 5.74) is 13.7. The van der Waals surface area contributed by atoms with Crippen LogP contribution in [0, 0.1) is 0 Å². The number of nitrogens with two attached hydrogens (primary N) is 2. The second kappa shape index (κ2) is 4.44. The first kappa shape index (κ1) is 11.8. The van der Waals surface area contributed by atoms with Gasteiger partial charge in [0.05, 0.1) is 11.4 Å². The van der Waals surface area contributed by atoms with E-state index >= 15 is 0 Å². The Labute approximate surface area is 111 Å². The molecular formula is C14H16N4O. The van der Waals surface area contributed by atoms with E-state index in [1.165, 1.54) is 0 Å². The van der Waals surface area contributed by atoms with E-state index in [0.29, 0.717) is 18.8 Å². The molecule has 98 valence electrons. The highest BCUT2D eigenvalue weighted by Gasteiger charge is 2.37. The molecule has 2 aromatic rings. The van der Waals surface area contributed by atoms with Crippen molar-refractivity contribution in [2.75, 3.05) is 24.2 Å². The van der Waals surface area contributed by atoms with E-state index in [4.69, 9.17) is 16.2 Å². The van der Waals surface area contributed by atoms with Crippen molar-refractivity contribution >= 4 is 11.4 Å². The molecule has 0 spiro atoms. The Bertz CT molecular complexity index is 587. The fourth-order valence-corrected chi connectivity index (χ4v) is 2.28. The highest BCUT2D eigenvalue weighted by molar-refractivity contribution is 5.75. The molecule has 1 aromatic carbocycles. The number of aromatic nitrogens is 1. The van der Waals surface area contributed by atoms with Gasteiger partial charge in [-0.05, 0) is 24.3 Å². The van der Waals surface area contributed by atoms with E-state index in [1.54, 1.807) is 6.20 Å². The third-order valence-corrected chi connectivity index (χ3v) is 3.40. The van der Waals surface area contributed by atoms with Crippen molar-refractivity contribution < 1.29 is 4.74 Å². The largest absolute Gasteiger partial charge is 0.488 e. The Kier molecular flexibility index (Phi) is 2.76. The average Bonchev–Trinajstić information content (AvgIpc) is 2.48. The van der Waals surface area contributed by atoms with Crippen LogP contribution in [0.2, 0.25) is 0 Å². The molecule has 0 radical (unpaired) electrons. The summed E-state index contributed by atoms with van der Waals surface area (Å²) in [6.45, 7) is 0.800. The maximum atomic E-state index is 5.99. The molecule has 0 aliphatic carbocycles. The third-order valence-electron chi connectivity index (χ3n) is 3.40. The number of anilines is 2. The highest BCUT2D eigenvalue weighted by Crippen LogP contribution is 2.39. The van der Waals surface area contributed by atoms with Crippen LogP contribution >= 0.6 is 0 Å². The summed E-state index contributed by atoms with van der Waals surface area (Å²) in [6.07, 6.45) is 1.75. The van der Waals surface area contributed by atoms with E-state index in [1.807, 2.05) is 36.4 Å². The summed E-state index contributed by atoms with van der Waals surface area (Å²) in [4.78, 5) is 4.38. The minimum absolute atomic E-state index is 0.373. The third kappa shape index (κ3) is 1.88. The van der Waals surface area contributed by atoms with Crippen LogP contribution in [-0.2, 0) is 5.54 Å². The van der Waals surface area contributed by atoms with Crippen LogP contribution in [0.3, 0.4) is 0 Å². The van der Waals surface area contributed by atoms with Crippen LogP contribution in [0.5, 0.6) is 5.75 Å². The molecule has 1 aliphatic heterocycles. The van der Waals surface area contributed by atoms with Gasteiger partial charge in [0.25, 0.3) is 0 Å². The zero-order valence-electron chi connectivity index (χ0n) is 10.5. The zero-order chi connectivity index (χ0) is 13.3. The van der Waals surface area contributed by atoms with Crippen LogP contribution in [0.4, 0.5) is 11.4 Å². The lowest BCUT2D eigenvalue weighted by Gasteiger charge is -2.38. The predicted molar refractivity (Wildman–Crippen MR) is 74.9 cm³/mol. The van der Waals surface area contributed by atoms with Gasteiger partial charge in [-0.1, -0.05) is 12.1 Å². The molecule has 5 heteroatoms. The van der Waals surface area contributed by atoms with Crippen LogP contribution in [-0.4, -0.2) is 18.1 Å². The molecule has 5 N–H and O–H groups in total. The summed E-state index contributed by atoms with van der Waals surface area (Å²) >= 11 is 0. The highest BCUT2D eigenvalue weighted by atomic mass is 16.5. The Hall–Kier alpha value is -2.27. The minimum atomic E-state index is -0.538. The van der Waals surface area contributed by atoms with Crippen LogP contribution < -0.4 is 21.5 Å². The van der Waals surface area contributed by atoms with Crippen molar-refractivity contribution in [1.82, 2.24) is 4.98 Å². The van der Waals surface area contributed by atoms with E-state index in [9.17, 15) is 0 Å². The van der Waals surface area contributed by atoms with Gasteiger partial charge < -0.3 is 21.5 Å². The fourth-order valence-electron chi connectivity index (χ4n) is 2.28. The normalized spacial score (nSPS) is 21.1. The Morgan fingerprint density at radius 2 is 2.16 bits per heavy atom. The molecular weight excluding hydrogens is 240 g/mol. The molecule has 0 saturated carbocycles. The van der Waals surface area contributed by atoms with Crippen LogP contribution in [0.25, 0.3) is 0 Å². The zero-order valence-corrected chi connectivity index (χ0v) is 10.5. The first-order chi connectivity index (χ1) is 9.25. The van der Waals surface area contributed by atoms with Crippen molar-refractivity contribution in [3.05, 3.63) is 48.3 Å². The molecule has 1 unspecified atom stereocenters. The van der Waals surface area contributed by atoms with Crippen molar-refractivity contribution in [1.29, 1.82) is 0 Å². The number of nitrogens with one attached hydrogen (secondary N) is 1. The number of ether oxygens (including phenoxy) is 1. The van der Waals surface area contributed by atoms with Gasteiger partial charge >= 0.3 is 0 Å². The van der Waals surface area contributed by atoms with Gasteiger partial charge in [-0.3, -0.25) is 4.98 Å². The number of rotatable bonds is 2. The van der Waals surface area contributed by atoms with Gasteiger partial charge in [0, 0.05) is 12.7 Å². The fraction of sp³-hybridized carbons (Fsp3) is 0.214. The first-order valence-electron chi connectivity index (χ1n) is 6.16. The topological polar surface area (TPSA) is 86.2 Å². The summed E-state index contributed by atoms with van der Waals surface area (Å²) in [6, 6.07) is 11.3. The van der Waals surface area contributed by atoms with Crippen molar-refractivity contribution in [3.8, 4) is 5.75 Å². The molecule has 0 saturated heterocycles. The van der Waals surface area contributed by atoms with E-state index < -0.39 is 5.54 Å². The number of nitrogen functional groups attached to an aromatic ring is 1. The summed E-state index contributed by atoms with van der Waals surface area (Å²) in [5, 5.41) is 3.41. The second-order valence-corrected chi connectivity index (χ2v) is 4.64. The van der Waals surface area contributed by atoms with Crippen molar-refractivity contribution in [2.45, 2.75) is 5.54 Å². The molecule has 0 fully saturated rings. The van der Waals surface area contributed by atoms with E-state index in [0.717, 1.165) is 17.1 Å². The number of nitrogens with zero attached hydrogens (tertiary/aromatic N) is 1. The second-order valence-electron chi connectivity index (χ2n) is 4.64. The summed E-state index contributed by atoms with van der Waals surface area (Å²) in [7, 11) is 0. The predicted octanol–water partition coefficient (Wildman–Crippen LogP) is 1.32. The number of pyridine rings is 1. The molecule has 1 aromatic heterocycles. The van der Waals surface area contributed by atoms with Gasteiger partial charge in [0.1, 0.15) is 23.6 Å². The lowest BCUT2D eigenvalue weighted by atomic mass is 9.93. The lowest BCUT2D eigenvalue weighted by Crippen LogP contribution is -2.50. The SMILES string of the molecule is NCC1(c2ccccn2)COc2cccc(N)c2N1. The van der Waals surface area contributed by atoms with Gasteiger partial charge in [-0.25, -0.2) is 0 Å². The smallest absolute Gasteiger partial charge is 0.144 e. The molecule has 5 nitrogen and oxygen atoms in total. The maximum Gasteiger partial charge on any atom is 0.144 e. The molecule has 2 heterocycles. The van der Waals surface area contributed by atoms with Gasteiger partial charge in [0.15, 0.2) is 0 Å². The van der Waals surface area contributed by atoms with E-state index in [2.05, 4.69) is 10.3 Å². The molecule has 0 bridgehead atoms. The van der Waals surface area contributed by atoms with Gasteiger partial charge in [-0.15, -0.1) is 0 Å². The lowest BCUT2D eigenvalue weighted by molar-refractivity contribution is 0.220. The van der Waals surface area contributed by atoms with Crippen LogP contribution in [0.1, 0.15) is 5.69 Å². The van der Waals surface area contributed by atoms with E-state index in [-0.39, 0.29) is 0 Å². The van der Waals surface area contributed by atoms with Crippen molar-refractivity contribution in [3.63, 3.8) is 0 Å². The number of fused-ring (bicyclic) bond motifs is 1. The minimum Gasteiger partial charge on any atom is -0.488 e. The Balaban J connectivity index is 2.05. The Morgan fingerprint density at radius 3 is 2.89 bits per heavy atom. The number of benzene rings is 1. The van der Waals surface area contributed by atoms with Crippen molar-refractivity contribution in [2.24, 2.45) is 5.73 Å². The summed E-state index contributed by atoms with van der Waals surface area (Å²) in [5.74, 6) is 0.750. The number of hydrogen-bond donors (Lipinski definition) is 3. The molecule has 0 amide bonds. The molecule has 1 aliphatic rings. The van der Waals surface area contributed by atoms with Gasteiger partial charge in [-0.2, -0.15) is 0 Å². The average molecular weight is 256 g/mol. The quantitative estimate of drug-likeness (QED) is 0.706. The van der Waals surface area contributed by atoms with Crippen LogP contribution in [0.15, 0.2) is 42.6 Å². The van der Waals surface area contributed by atoms with Gasteiger partial charge in [0.2, 0.25) is 0 Å². The maximum absolute atomic E-state index is 5.99. The number of para-hydroxylation sites is 1. The Morgan fingerprint density at radius 1 is 1.26 bits per heavy atom. The standard InChI is InChI=1S/C14H16N4O/c15-8-14(12-6-1-2-7-17-12)9-19-11-5-3-4-10(16)13(11)18-14/h1-7,18H,8-9,15-16H2. The molecule has 3 rings (SSSR count). The number of hydrogen-bond acceptors (Lipinski definition) is 5. The molecule has 1 atom stereocenters.